The van der Waals surface area contributed by atoms with Crippen LogP contribution in [-0.2, 0) is 0 Å². The first-order valence-corrected chi connectivity index (χ1v) is 7.42. The molecule has 1 heterocycles. The summed E-state index contributed by atoms with van der Waals surface area (Å²) in [7, 11) is 0. The van der Waals surface area contributed by atoms with Crippen LogP contribution in [0.15, 0.2) is 42.1 Å². The van der Waals surface area contributed by atoms with Crippen LogP contribution < -0.4 is 0 Å². The maximum absolute atomic E-state index is 13.0. The molecule has 0 amide bonds. The smallest absolute Gasteiger partial charge is 0.123 e. The zero-order valence-corrected chi connectivity index (χ0v) is 11.8. The average molecular weight is 286 g/mol. The number of aromatic nitrogens is 2. The van der Waals surface area contributed by atoms with Crippen molar-refractivity contribution in [2.24, 2.45) is 0 Å². The predicted octanol–water partition coefficient (Wildman–Crippen LogP) is 4.14. The number of hydrogen-bond acceptors (Lipinski definition) is 2. The van der Waals surface area contributed by atoms with Crippen LogP contribution in [0.1, 0.15) is 43.8 Å². The van der Waals surface area contributed by atoms with Crippen LogP contribution in [0.2, 0.25) is 0 Å². The van der Waals surface area contributed by atoms with Crippen LogP contribution in [-0.4, -0.2) is 15.3 Å². The van der Waals surface area contributed by atoms with Crippen LogP contribution in [0.4, 0.5) is 4.39 Å². The van der Waals surface area contributed by atoms with Crippen molar-refractivity contribution in [2.75, 3.05) is 0 Å². The van der Waals surface area contributed by atoms with Crippen LogP contribution >= 0.6 is 0 Å². The van der Waals surface area contributed by atoms with Gasteiger partial charge in [-0.15, -0.1) is 0 Å². The maximum Gasteiger partial charge on any atom is 0.123 e. The van der Waals surface area contributed by atoms with E-state index in [9.17, 15) is 9.50 Å². The van der Waals surface area contributed by atoms with E-state index in [1.165, 1.54) is 25.0 Å². The molecule has 4 heteroatoms. The number of rotatable bonds is 3. The number of allylic oxidation sites excluding steroid dienone is 1. The van der Waals surface area contributed by atoms with Gasteiger partial charge in [-0.2, -0.15) is 5.10 Å². The van der Waals surface area contributed by atoms with Crippen molar-refractivity contribution >= 4 is 0 Å². The number of aliphatic hydroxyl groups is 1. The molecule has 0 radical (unpaired) electrons. The summed E-state index contributed by atoms with van der Waals surface area (Å²) in [5.41, 5.74) is 3.41. The van der Waals surface area contributed by atoms with Gasteiger partial charge in [0.2, 0.25) is 0 Å². The van der Waals surface area contributed by atoms with Gasteiger partial charge in [0, 0.05) is 11.1 Å². The summed E-state index contributed by atoms with van der Waals surface area (Å²) >= 11 is 0. The second-order valence-electron chi connectivity index (χ2n) is 5.49. The Balaban J connectivity index is 1.91. The second-order valence-corrected chi connectivity index (χ2v) is 5.49. The Hall–Kier alpha value is -1.94. The summed E-state index contributed by atoms with van der Waals surface area (Å²) in [5.74, 6) is -0.271. The fourth-order valence-electron chi connectivity index (χ4n) is 2.84. The molecule has 2 aromatic rings. The Bertz CT molecular complexity index is 630. The van der Waals surface area contributed by atoms with Gasteiger partial charge < -0.3 is 5.11 Å². The van der Waals surface area contributed by atoms with Gasteiger partial charge in [0.05, 0.1) is 11.9 Å². The zero-order valence-electron chi connectivity index (χ0n) is 11.8. The van der Waals surface area contributed by atoms with Gasteiger partial charge in [-0.3, -0.25) is 5.10 Å². The van der Waals surface area contributed by atoms with Crippen molar-refractivity contribution in [3.05, 3.63) is 53.5 Å². The maximum atomic E-state index is 13.0. The standard InChI is InChI=1S/C17H19FN2O/c18-14-9-7-12(8-10-14)16-15(11-19-20-16)17(21)13-5-3-1-2-4-6-13/h5,7-11,17,21H,1-4,6H2,(H,19,20). The molecule has 0 fully saturated rings. The number of nitrogens with zero attached hydrogens (tertiary/aromatic N) is 1. The summed E-state index contributed by atoms with van der Waals surface area (Å²) < 4.78 is 13.0. The third-order valence-corrected chi connectivity index (χ3v) is 4.02. The molecule has 1 aromatic carbocycles. The van der Waals surface area contributed by atoms with Crippen molar-refractivity contribution in [2.45, 2.75) is 38.2 Å². The molecule has 3 rings (SSSR count). The van der Waals surface area contributed by atoms with Crippen LogP contribution in [0.5, 0.6) is 0 Å². The molecule has 0 bridgehead atoms. The molecule has 2 N–H and O–H groups in total. The van der Waals surface area contributed by atoms with E-state index in [1.807, 2.05) is 0 Å². The van der Waals surface area contributed by atoms with Gasteiger partial charge in [0.1, 0.15) is 11.9 Å². The molecular formula is C17H19FN2O. The largest absolute Gasteiger partial charge is 0.384 e. The SMILES string of the molecule is OC(C1=CCCCCC1)c1cn[nH]c1-c1ccc(F)cc1. The molecule has 1 unspecified atom stereocenters. The fourth-order valence-corrected chi connectivity index (χ4v) is 2.84. The lowest BCUT2D eigenvalue weighted by Crippen LogP contribution is -2.02. The van der Waals surface area contributed by atoms with Crippen LogP contribution in [0, 0.1) is 5.82 Å². The number of nitrogens with one attached hydrogen (secondary N) is 1. The number of aromatic amines is 1. The van der Waals surface area contributed by atoms with Gasteiger partial charge in [0.15, 0.2) is 0 Å². The fraction of sp³-hybridized carbons (Fsp3) is 0.353. The Kier molecular flexibility index (Phi) is 4.15. The highest BCUT2D eigenvalue weighted by Crippen LogP contribution is 2.33. The number of halogens is 1. The van der Waals surface area contributed by atoms with E-state index in [2.05, 4.69) is 16.3 Å². The van der Waals surface area contributed by atoms with Gasteiger partial charge in [-0.05, 0) is 55.5 Å². The van der Waals surface area contributed by atoms with Crippen molar-refractivity contribution in [3.63, 3.8) is 0 Å². The van der Waals surface area contributed by atoms with E-state index < -0.39 is 6.10 Å². The Morgan fingerprint density at radius 1 is 1.14 bits per heavy atom. The number of aliphatic hydroxyl groups excluding tert-OH is 1. The molecule has 0 saturated heterocycles. The van der Waals surface area contributed by atoms with Gasteiger partial charge in [-0.1, -0.05) is 12.5 Å². The lowest BCUT2D eigenvalue weighted by molar-refractivity contribution is 0.211. The third-order valence-electron chi connectivity index (χ3n) is 4.02. The summed E-state index contributed by atoms with van der Waals surface area (Å²) in [5, 5.41) is 17.6. The minimum absolute atomic E-state index is 0.271. The Morgan fingerprint density at radius 2 is 1.95 bits per heavy atom. The van der Waals surface area contributed by atoms with Crippen LogP contribution in [0.25, 0.3) is 11.3 Å². The summed E-state index contributed by atoms with van der Waals surface area (Å²) in [6.45, 7) is 0. The molecule has 110 valence electrons. The summed E-state index contributed by atoms with van der Waals surface area (Å²) in [4.78, 5) is 0. The van der Waals surface area contributed by atoms with E-state index in [1.54, 1.807) is 18.3 Å². The van der Waals surface area contributed by atoms with Gasteiger partial charge in [0.25, 0.3) is 0 Å². The van der Waals surface area contributed by atoms with Crippen molar-refractivity contribution < 1.29 is 9.50 Å². The molecule has 1 aromatic heterocycles. The first kappa shape index (κ1) is 14.0. The highest BCUT2D eigenvalue weighted by Gasteiger charge is 2.20. The second kappa shape index (κ2) is 6.22. The summed E-state index contributed by atoms with van der Waals surface area (Å²) in [6, 6.07) is 6.22. The lowest BCUT2D eigenvalue weighted by atomic mass is 9.96. The van der Waals surface area contributed by atoms with Gasteiger partial charge in [-0.25, -0.2) is 4.39 Å². The highest BCUT2D eigenvalue weighted by atomic mass is 19.1. The minimum Gasteiger partial charge on any atom is -0.384 e. The van der Waals surface area contributed by atoms with Gasteiger partial charge >= 0.3 is 0 Å². The van der Waals surface area contributed by atoms with E-state index in [-0.39, 0.29) is 5.82 Å². The molecule has 0 aliphatic heterocycles. The van der Waals surface area contributed by atoms with Crippen molar-refractivity contribution in [1.29, 1.82) is 0 Å². The molecule has 1 aliphatic carbocycles. The zero-order chi connectivity index (χ0) is 14.7. The average Bonchev–Trinajstić information content (AvgIpc) is 2.82. The molecular weight excluding hydrogens is 267 g/mol. The number of H-pyrrole nitrogens is 1. The number of hydrogen-bond donors (Lipinski definition) is 2. The molecule has 1 aliphatic rings. The molecule has 3 nitrogen and oxygen atoms in total. The van der Waals surface area contributed by atoms with E-state index in [4.69, 9.17) is 0 Å². The quantitative estimate of drug-likeness (QED) is 0.833. The summed E-state index contributed by atoms with van der Waals surface area (Å²) in [6.07, 6.45) is 8.64. The topological polar surface area (TPSA) is 48.9 Å². The molecule has 21 heavy (non-hydrogen) atoms. The van der Waals surface area contributed by atoms with Crippen molar-refractivity contribution in [3.8, 4) is 11.3 Å². The molecule has 1 atom stereocenters. The Labute approximate surface area is 123 Å². The highest BCUT2D eigenvalue weighted by molar-refractivity contribution is 5.63. The Morgan fingerprint density at radius 3 is 2.76 bits per heavy atom. The monoisotopic (exact) mass is 286 g/mol. The first-order chi connectivity index (χ1) is 10.3. The van der Waals surface area contributed by atoms with Crippen molar-refractivity contribution in [1.82, 2.24) is 10.2 Å². The molecule has 0 saturated carbocycles. The normalized spacial score (nSPS) is 17.1. The van der Waals surface area contributed by atoms with E-state index >= 15 is 0 Å². The van der Waals surface area contributed by atoms with Crippen LogP contribution in [0.3, 0.4) is 0 Å². The predicted molar refractivity (Wildman–Crippen MR) is 80.1 cm³/mol. The van der Waals surface area contributed by atoms with E-state index in [0.29, 0.717) is 0 Å². The first-order valence-electron chi connectivity index (χ1n) is 7.42. The minimum atomic E-state index is -0.637. The number of benzene rings is 1. The van der Waals surface area contributed by atoms with E-state index in [0.717, 1.165) is 41.7 Å². The third kappa shape index (κ3) is 3.05. The molecule has 0 spiro atoms. The lowest BCUT2D eigenvalue weighted by Gasteiger charge is -2.14.